The Morgan fingerprint density at radius 1 is 1.23 bits per heavy atom. The van der Waals surface area contributed by atoms with Crippen LogP contribution in [0.1, 0.15) is 36.1 Å². The normalized spacial score (nSPS) is 11.6. The number of Topliss-reactive ketones (excluding diaryl/α,β-unsaturated/α-hetero) is 1. The zero-order valence-electron chi connectivity index (χ0n) is 16.9. The van der Waals surface area contributed by atoms with E-state index >= 15 is 0 Å². The summed E-state index contributed by atoms with van der Waals surface area (Å²) in [6.45, 7) is 3.28. The van der Waals surface area contributed by atoms with Crippen LogP contribution in [-0.4, -0.2) is 37.3 Å². The number of nitriles is 1. The number of nitrogens with zero attached hydrogens (tertiary/aromatic N) is 3. The summed E-state index contributed by atoms with van der Waals surface area (Å²) in [6.07, 6.45) is -0.543. The molecule has 10 heteroatoms. The van der Waals surface area contributed by atoms with Crippen LogP contribution in [0.5, 0.6) is 0 Å². The number of nitrogens with one attached hydrogen (secondary N) is 1. The van der Waals surface area contributed by atoms with Gasteiger partial charge in [-0.2, -0.15) is 10.1 Å². The van der Waals surface area contributed by atoms with E-state index in [4.69, 9.17) is 10.8 Å². The maximum Gasteiger partial charge on any atom is 0.441 e. The number of carbonyl (C=O) groups excluding carboxylic acids is 2. The van der Waals surface area contributed by atoms with Gasteiger partial charge in [0, 0.05) is 6.42 Å². The van der Waals surface area contributed by atoms with Gasteiger partial charge in [0.15, 0.2) is 0 Å². The van der Waals surface area contributed by atoms with Gasteiger partial charge in [0.05, 0.1) is 29.2 Å². The van der Waals surface area contributed by atoms with Gasteiger partial charge in [-0.1, -0.05) is 29.8 Å². The van der Waals surface area contributed by atoms with Crippen LogP contribution in [0.3, 0.4) is 0 Å². The highest BCUT2D eigenvalue weighted by molar-refractivity contribution is 7.89. The molecule has 1 N–H and O–H groups in total. The Bertz CT molecular complexity index is 1180. The smallest absolute Gasteiger partial charge is 0.441 e. The number of ketones is 1. The zero-order valence-corrected chi connectivity index (χ0v) is 17.7. The van der Waals surface area contributed by atoms with Crippen molar-refractivity contribution in [3.05, 3.63) is 70.8 Å². The van der Waals surface area contributed by atoms with Gasteiger partial charge in [-0.15, -0.1) is 0 Å². The average molecular weight is 440 g/mol. The summed E-state index contributed by atoms with van der Waals surface area (Å²) in [4.78, 5) is 27.2. The van der Waals surface area contributed by atoms with Gasteiger partial charge in [0.25, 0.3) is 5.78 Å². The molecule has 0 fully saturated rings. The number of hydrogen-bond acceptors (Lipinski definition) is 6. The molecule has 0 aromatic heterocycles. The van der Waals surface area contributed by atoms with Crippen LogP contribution in [0.25, 0.3) is 5.53 Å². The van der Waals surface area contributed by atoms with Crippen molar-refractivity contribution in [3.8, 4) is 6.07 Å². The minimum absolute atomic E-state index is 0.0200. The Labute approximate surface area is 179 Å². The second-order valence-electron chi connectivity index (χ2n) is 6.52. The minimum atomic E-state index is -4.06. The molecule has 2 aromatic rings. The molecule has 0 aliphatic heterocycles. The quantitative estimate of drug-likeness (QED) is 0.207. The summed E-state index contributed by atoms with van der Waals surface area (Å²) in [5, 5.41) is 9.15. The number of sulfonamides is 1. The number of esters is 1. The molecule has 2 aromatic carbocycles. The third kappa shape index (κ3) is 6.17. The van der Waals surface area contributed by atoms with Gasteiger partial charge in [-0.3, -0.25) is 4.79 Å². The summed E-state index contributed by atoms with van der Waals surface area (Å²) in [7, 11) is -4.06. The highest BCUT2D eigenvalue weighted by Gasteiger charge is 2.34. The monoisotopic (exact) mass is 440 g/mol. The predicted molar refractivity (Wildman–Crippen MR) is 110 cm³/mol. The second-order valence-corrected chi connectivity index (χ2v) is 8.23. The molecular formula is C21H20N4O5S. The van der Waals surface area contributed by atoms with Crippen LogP contribution in [0.15, 0.2) is 53.4 Å². The van der Waals surface area contributed by atoms with Crippen LogP contribution < -0.4 is 4.72 Å². The molecule has 0 radical (unpaired) electrons. The molecule has 0 aliphatic carbocycles. The van der Waals surface area contributed by atoms with Crippen LogP contribution in [0.4, 0.5) is 0 Å². The molecule has 0 amide bonds. The Balaban J connectivity index is 2.42. The molecule has 31 heavy (non-hydrogen) atoms. The van der Waals surface area contributed by atoms with E-state index in [1.165, 1.54) is 43.3 Å². The summed E-state index contributed by atoms with van der Waals surface area (Å²) in [5.41, 5.74) is 9.68. The SMILES string of the molecule is CCOC(=O)C(=[N+]=[N-])C(=O)CC(NS(=O)(=O)c1ccc(C)cc1)c1cccc(C#N)c1. The molecule has 0 spiro atoms. The van der Waals surface area contributed by atoms with E-state index in [1.54, 1.807) is 12.1 Å². The molecule has 1 atom stereocenters. The zero-order chi connectivity index (χ0) is 23.0. The fourth-order valence-electron chi connectivity index (χ4n) is 2.72. The molecule has 0 aliphatic rings. The topological polar surface area (TPSA) is 150 Å². The molecular weight excluding hydrogens is 420 g/mol. The summed E-state index contributed by atoms with van der Waals surface area (Å²) in [5.74, 6) is -2.05. The first-order chi connectivity index (χ1) is 14.7. The maximum atomic E-state index is 12.9. The van der Waals surface area contributed by atoms with E-state index < -0.39 is 40.0 Å². The van der Waals surface area contributed by atoms with Gasteiger partial charge in [-0.25, -0.2) is 17.9 Å². The van der Waals surface area contributed by atoms with E-state index in [9.17, 15) is 18.0 Å². The summed E-state index contributed by atoms with van der Waals surface area (Å²) < 4.78 is 32.9. The Morgan fingerprint density at radius 2 is 1.90 bits per heavy atom. The van der Waals surface area contributed by atoms with Gasteiger partial charge < -0.3 is 10.3 Å². The van der Waals surface area contributed by atoms with Crippen molar-refractivity contribution >= 4 is 27.5 Å². The first-order valence-electron chi connectivity index (χ1n) is 9.23. The fourth-order valence-corrected chi connectivity index (χ4v) is 3.94. The van der Waals surface area contributed by atoms with Crippen LogP contribution in [0, 0.1) is 18.3 Å². The highest BCUT2D eigenvalue weighted by Crippen LogP contribution is 2.22. The summed E-state index contributed by atoms with van der Waals surface area (Å²) >= 11 is 0. The Hall–Kier alpha value is -3.64. The molecule has 0 bridgehead atoms. The van der Waals surface area contributed by atoms with Crippen molar-refractivity contribution in [3.63, 3.8) is 0 Å². The first kappa shape index (κ1) is 23.6. The van der Waals surface area contributed by atoms with Crippen molar-refractivity contribution in [1.82, 2.24) is 4.72 Å². The molecule has 1 unspecified atom stereocenters. The third-order valence-electron chi connectivity index (χ3n) is 4.27. The lowest BCUT2D eigenvalue weighted by atomic mass is 9.99. The Kier molecular flexibility index (Phi) is 7.94. The van der Waals surface area contributed by atoms with E-state index in [-0.39, 0.29) is 17.1 Å². The second kappa shape index (κ2) is 10.4. The largest absolute Gasteiger partial charge is 0.457 e. The van der Waals surface area contributed by atoms with E-state index in [2.05, 4.69) is 14.2 Å². The van der Waals surface area contributed by atoms with Crippen molar-refractivity contribution in [2.24, 2.45) is 0 Å². The Morgan fingerprint density at radius 3 is 2.48 bits per heavy atom. The lowest BCUT2D eigenvalue weighted by molar-refractivity contribution is -0.141. The van der Waals surface area contributed by atoms with Crippen molar-refractivity contribution < 1.29 is 27.5 Å². The molecule has 9 nitrogen and oxygen atoms in total. The van der Waals surface area contributed by atoms with Gasteiger partial charge >= 0.3 is 11.7 Å². The number of aryl methyl sites for hydroxylation is 1. The van der Waals surface area contributed by atoms with Crippen molar-refractivity contribution in [2.75, 3.05) is 6.61 Å². The predicted octanol–water partition coefficient (Wildman–Crippen LogP) is 2.08. The minimum Gasteiger partial charge on any atom is -0.457 e. The van der Waals surface area contributed by atoms with E-state index in [1.807, 2.05) is 13.0 Å². The van der Waals surface area contributed by atoms with Gasteiger partial charge in [-0.05, 0) is 43.7 Å². The molecule has 0 heterocycles. The van der Waals surface area contributed by atoms with Crippen molar-refractivity contribution in [2.45, 2.75) is 31.2 Å². The molecule has 160 valence electrons. The lowest BCUT2D eigenvalue weighted by Crippen LogP contribution is -2.34. The van der Waals surface area contributed by atoms with Crippen LogP contribution >= 0.6 is 0 Å². The fraction of sp³-hybridized carbons (Fsp3) is 0.238. The average Bonchev–Trinajstić information content (AvgIpc) is 2.74. The van der Waals surface area contributed by atoms with E-state index in [0.717, 1.165) is 5.56 Å². The first-order valence-corrected chi connectivity index (χ1v) is 10.7. The number of ether oxygens (including phenoxy) is 1. The number of rotatable bonds is 9. The standard InChI is InChI=1S/C21H20N4O5S/c1-3-30-21(27)20(24-23)19(26)12-18(16-6-4-5-15(11-16)13-22)25-31(28,29)17-9-7-14(2)8-10-17/h4-11,18,25H,3,12H2,1-2H3. The number of benzene rings is 2. The highest BCUT2D eigenvalue weighted by atomic mass is 32.2. The van der Waals surface area contributed by atoms with Gasteiger partial charge in [0.1, 0.15) is 0 Å². The lowest BCUT2D eigenvalue weighted by Gasteiger charge is -2.18. The number of carbonyl (C=O) groups is 2. The van der Waals surface area contributed by atoms with Crippen molar-refractivity contribution in [1.29, 1.82) is 5.26 Å². The maximum absolute atomic E-state index is 12.9. The third-order valence-corrected chi connectivity index (χ3v) is 5.76. The summed E-state index contributed by atoms with van der Waals surface area (Å²) in [6, 6.07) is 12.9. The van der Waals surface area contributed by atoms with E-state index in [0.29, 0.717) is 5.56 Å². The molecule has 2 rings (SSSR count). The number of hydrogen-bond donors (Lipinski definition) is 1. The van der Waals surface area contributed by atoms with Crippen LogP contribution in [0.2, 0.25) is 0 Å². The molecule has 0 saturated heterocycles. The van der Waals surface area contributed by atoms with Crippen LogP contribution in [-0.2, 0) is 24.3 Å². The molecule has 0 saturated carbocycles. The van der Waals surface area contributed by atoms with Gasteiger partial charge in [0.2, 0.25) is 10.0 Å².